The first-order valence-electron chi connectivity index (χ1n) is 6.67. The van der Waals surface area contributed by atoms with Crippen LogP contribution in [0.1, 0.15) is 20.8 Å². The summed E-state index contributed by atoms with van der Waals surface area (Å²) >= 11 is 0. The van der Waals surface area contributed by atoms with Crippen LogP contribution < -0.4 is 5.32 Å². The average molecular weight is 272 g/mol. The van der Waals surface area contributed by atoms with Crippen molar-refractivity contribution in [3.63, 3.8) is 0 Å². The summed E-state index contributed by atoms with van der Waals surface area (Å²) in [4.78, 5) is 25.4. The summed E-state index contributed by atoms with van der Waals surface area (Å²) in [5, 5.41) is 3.16. The lowest BCUT2D eigenvalue weighted by atomic mass is 10.0. The number of hydrogen-bond donors (Lipinski definition) is 1. The summed E-state index contributed by atoms with van der Waals surface area (Å²) in [6.45, 7) is 7.93. The minimum Gasteiger partial charge on any atom is -0.469 e. The molecule has 0 aromatic rings. The van der Waals surface area contributed by atoms with Crippen LogP contribution in [0.2, 0.25) is 0 Å². The van der Waals surface area contributed by atoms with E-state index in [-0.39, 0.29) is 29.9 Å². The molecule has 110 valence electrons. The Labute approximate surface area is 114 Å². The Morgan fingerprint density at radius 1 is 1.21 bits per heavy atom. The standard InChI is InChI=1S/C13H24N2O4/c1-9(13(17)18-4)10(2)14-11(3)12(16)15-5-7-19-8-6-15/h9-11,14H,5-8H2,1-4H3. The van der Waals surface area contributed by atoms with E-state index in [0.717, 1.165) is 0 Å². The van der Waals surface area contributed by atoms with Crippen molar-refractivity contribution in [2.24, 2.45) is 5.92 Å². The highest BCUT2D eigenvalue weighted by atomic mass is 16.5. The number of rotatable bonds is 5. The minimum atomic E-state index is -0.319. The number of amides is 1. The van der Waals surface area contributed by atoms with E-state index in [2.05, 4.69) is 5.32 Å². The second-order valence-electron chi connectivity index (χ2n) is 4.93. The maximum Gasteiger partial charge on any atom is 0.309 e. The number of nitrogens with zero attached hydrogens (tertiary/aromatic N) is 1. The van der Waals surface area contributed by atoms with Gasteiger partial charge in [0.1, 0.15) is 0 Å². The second kappa shape index (κ2) is 7.45. The Morgan fingerprint density at radius 2 is 1.79 bits per heavy atom. The van der Waals surface area contributed by atoms with Gasteiger partial charge in [0.25, 0.3) is 0 Å². The lowest BCUT2D eigenvalue weighted by Gasteiger charge is -2.31. The monoisotopic (exact) mass is 272 g/mol. The van der Waals surface area contributed by atoms with Crippen LogP contribution in [0, 0.1) is 5.92 Å². The lowest BCUT2D eigenvalue weighted by molar-refractivity contribution is -0.146. The van der Waals surface area contributed by atoms with Crippen molar-refractivity contribution in [1.29, 1.82) is 0 Å². The molecule has 0 saturated carbocycles. The van der Waals surface area contributed by atoms with Crippen LogP contribution in [0.4, 0.5) is 0 Å². The van der Waals surface area contributed by atoms with Gasteiger partial charge in [-0.05, 0) is 13.8 Å². The summed E-state index contributed by atoms with van der Waals surface area (Å²) in [6, 6.07) is -0.437. The minimum absolute atomic E-state index is 0.0483. The molecule has 1 heterocycles. The molecule has 3 atom stereocenters. The largest absolute Gasteiger partial charge is 0.469 e. The molecule has 1 aliphatic rings. The van der Waals surface area contributed by atoms with Crippen molar-refractivity contribution in [1.82, 2.24) is 10.2 Å². The van der Waals surface area contributed by atoms with Gasteiger partial charge in [0.15, 0.2) is 0 Å². The molecule has 0 bridgehead atoms. The highest BCUT2D eigenvalue weighted by Gasteiger charge is 2.27. The first-order valence-corrected chi connectivity index (χ1v) is 6.67. The quantitative estimate of drug-likeness (QED) is 0.715. The number of methoxy groups -OCH3 is 1. The van der Waals surface area contributed by atoms with Gasteiger partial charge in [0.05, 0.1) is 32.3 Å². The van der Waals surface area contributed by atoms with E-state index in [1.165, 1.54) is 7.11 Å². The van der Waals surface area contributed by atoms with Crippen molar-refractivity contribution in [2.75, 3.05) is 33.4 Å². The molecule has 0 aliphatic carbocycles. The van der Waals surface area contributed by atoms with E-state index in [0.29, 0.717) is 26.3 Å². The Balaban J connectivity index is 2.46. The van der Waals surface area contributed by atoms with Gasteiger partial charge in [-0.15, -0.1) is 0 Å². The zero-order valence-corrected chi connectivity index (χ0v) is 12.1. The molecule has 0 spiro atoms. The van der Waals surface area contributed by atoms with E-state index in [9.17, 15) is 9.59 Å². The van der Waals surface area contributed by atoms with Crippen LogP contribution in [0.15, 0.2) is 0 Å². The summed E-state index contributed by atoms with van der Waals surface area (Å²) in [7, 11) is 1.37. The highest BCUT2D eigenvalue weighted by Crippen LogP contribution is 2.07. The summed E-state index contributed by atoms with van der Waals surface area (Å²) in [5.41, 5.74) is 0. The van der Waals surface area contributed by atoms with Gasteiger partial charge in [-0.3, -0.25) is 9.59 Å². The molecule has 3 unspecified atom stereocenters. The van der Waals surface area contributed by atoms with Gasteiger partial charge in [0.2, 0.25) is 5.91 Å². The van der Waals surface area contributed by atoms with Crippen LogP contribution >= 0.6 is 0 Å². The third kappa shape index (κ3) is 4.47. The van der Waals surface area contributed by atoms with E-state index >= 15 is 0 Å². The second-order valence-corrected chi connectivity index (χ2v) is 4.93. The predicted molar refractivity (Wildman–Crippen MR) is 70.6 cm³/mol. The molecule has 1 saturated heterocycles. The van der Waals surface area contributed by atoms with E-state index in [1.54, 1.807) is 11.8 Å². The van der Waals surface area contributed by atoms with Crippen molar-refractivity contribution in [3.05, 3.63) is 0 Å². The smallest absolute Gasteiger partial charge is 0.309 e. The molecule has 1 fully saturated rings. The van der Waals surface area contributed by atoms with Crippen LogP contribution in [0.25, 0.3) is 0 Å². The summed E-state index contributed by atoms with van der Waals surface area (Å²) in [5.74, 6) is -0.511. The number of morpholine rings is 1. The summed E-state index contributed by atoms with van der Waals surface area (Å²) in [6.07, 6.45) is 0. The number of hydrogen-bond acceptors (Lipinski definition) is 5. The van der Waals surface area contributed by atoms with E-state index in [4.69, 9.17) is 9.47 Å². The number of carbonyl (C=O) groups is 2. The van der Waals surface area contributed by atoms with Gasteiger partial charge in [0, 0.05) is 19.1 Å². The average Bonchev–Trinajstić information content (AvgIpc) is 2.45. The number of esters is 1. The van der Waals surface area contributed by atoms with Gasteiger partial charge >= 0.3 is 5.97 Å². The van der Waals surface area contributed by atoms with Crippen LogP contribution in [0.3, 0.4) is 0 Å². The maximum absolute atomic E-state index is 12.2. The fourth-order valence-corrected chi connectivity index (χ4v) is 2.06. The first-order chi connectivity index (χ1) is 8.97. The van der Waals surface area contributed by atoms with E-state index in [1.807, 2.05) is 13.8 Å². The van der Waals surface area contributed by atoms with Crippen LogP contribution in [-0.4, -0.2) is 62.3 Å². The Kier molecular flexibility index (Phi) is 6.24. The van der Waals surface area contributed by atoms with Gasteiger partial charge < -0.3 is 19.7 Å². The van der Waals surface area contributed by atoms with E-state index < -0.39 is 0 Å². The number of carbonyl (C=O) groups excluding carboxylic acids is 2. The van der Waals surface area contributed by atoms with Gasteiger partial charge in [-0.25, -0.2) is 0 Å². The maximum atomic E-state index is 12.2. The first kappa shape index (κ1) is 15.9. The predicted octanol–water partition coefficient (Wildman–Crippen LogP) is 0.0209. The lowest BCUT2D eigenvalue weighted by Crippen LogP contribution is -2.52. The molecular formula is C13H24N2O4. The molecule has 6 heteroatoms. The Morgan fingerprint density at radius 3 is 2.32 bits per heavy atom. The van der Waals surface area contributed by atoms with Crippen molar-refractivity contribution in [3.8, 4) is 0 Å². The van der Waals surface area contributed by atoms with Crippen LogP contribution in [-0.2, 0) is 19.1 Å². The third-order valence-corrected chi connectivity index (χ3v) is 3.53. The topological polar surface area (TPSA) is 67.9 Å². The fraction of sp³-hybridized carbons (Fsp3) is 0.846. The zero-order valence-electron chi connectivity index (χ0n) is 12.1. The molecular weight excluding hydrogens is 248 g/mol. The molecule has 0 aromatic heterocycles. The van der Waals surface area contributed by atoms with Crippen molar-refractivity contribution >= 4 is 11.9 Å². The van der Waals surface area contributed by atoms with Crippen molar-refractivity contribution < 1.29 is 19.1 Å². The molecule has 0 aromatic carbocycles. The summed E-state index contributed by atoms with van der Waals surface area (Å²) < 4.78 is 9.92. The third-order valence-electron chi connectivity index (χ3n) is 3.53. The molecule has 1 aliphatic heterocycles. The number of nitrogens with one attached hydrogen (secondary N) is 1. The zero-order chi connectivity index (χ0) is 14.4. The molecule has 1 rings (SSSR count). The molecule has 0 radical (unpaired) electrons. The molecule has 19 heavy (non-hydrogen) atoms. The molecule has 6 nitrogen and oxygen atoms in total. The fourth-order valence-electron chi connectivity index (χ4n) is 2.06. The highest BCUT2D eigenvalue weighted by molar-refractivity contribution is 5.81. The molecule has 1 N–H and O–H groups in total. The SMILES string of the molecule is COC(=O)C(C)C(C)NC(C)C(=O)N1CCOCC1. The Bertz CT molecular complexity index is 316. The van der Waals surface area contributed by atoms with Crippen molar-refractivity contribution in [2.45, 2.75) is 32.9 Å². The Hall–Kier alpha value is -1.14. The van der Waals surface area contributed by atoms with Crippen LogP contribution in [0.5, 0.6) is 0 Å². The van der Waals surface area contributed by atoms with Gasteiger partial charge in [-0.1, -0.05) is 6.92 Å². The number of ether oxygens (including phenoxy) is 2. The van der Waals surface area contributed by atoms with Gasteiger partial charge in [-0.2, -0.15) is 0 Å². The molecule has 1 amide bonds. The normalized spacial score (nSPS) is 20.5.